The summed E-state index contributed by atoms with van der Waals surface area (Å²) in [7, 11) is 0. The van der Waals surface area contributed by atoms with Gasteiger partial charge < -0.3 is 10.4 Å². The predicted molar refractivity (Wildman–Crippen MR) is 91.6 cm³/mol. The molecular formula is C17H29ClN2O. The topological polar surface area (TPSA) is 35.5 Å². The summed E-state index contributed by atoms with van der Waals surface area (Å²) < 4.78 is 0. The SMILES string of the molecule is Cc1c(C)c(C)c([C@H](CO)N2CCNCC2)c(C)c1C.Cl. The van der Waals surface area contributed by atoms with Crippen LogP contribution in [0.4, 0.5) is 0 Å². The number of benzene rings is 1. The summed E-state index contributed by atoms with van der Waals surface area (Å²) in [4.78, 5) is 2.42. The Labute approximate surface area is 135 Å². The fourth-order valence-corrected chi connectivity index (χ4v) is 3.41. The van der Waals surface area contributed by atoms with Gasteiger partial charge in [-0.1, -0.05) is 0 Å². The van der Waals surface area contributed by atoms with Gasteiger partial charge in [0, 0.05) is 26.2 Å². The molecule has 4 heteroatoms. The third kappa shape index (κ3) is 3.42. The Bertz CT molecular complexity index is 467. The van der Waals surface area contributed by atoms with E-state index in [1.165, 1.54) is 33.4 Å². The van der Waals surface area contributed by atoms with E-state index in [9.17, 15) is 5.11 Å². The minimum absolute atomic E-state index is 0. The van der Waals surface area contributed by atoms with Crippen LogP contribution in [0.15, 0.2) is 0 Å². The highest BCUT2D eigenvalue weighted by molar-refractivity contribution is 5.85. The standard InChI is InChI=1S/C17H28N2O.ClH/c1-11-12(2)14(4)17(15(5)13(11)3)16(10-20)19-8-6-18-7-9-19;/h16,18,20H,6-10H2,1-5H3;1H/t16-;/m0./s1. The molecule has 2 N–H and O–H groups in total. The van der Waals surface area contributed by atoms with Gasteiger partial charge in [0.05, 0.1) is 12.6 Å². The molecule has 0 amide bonds. The fraction of sp³-hybridized carbons (Fsp3) is 0.647. The summed E-state index contributed by atoms with van der Waals surface area (Å²) in [6.45, 7) is 15.3. The third-order valence-corrected chi connectivity index (χ3v) is 5.16. The molecule has 1 heterocycles. The zero-order valence-corrected chi connectivity index (χ0v) is 14.7. The second-order valence-corrected chi connectivity index (χ2v) is 6.02. The highest BCUT2D eigenvalue weighted by atomic mass is 35.5. The summed E-state index contributed by atoms with van der Waals surface area (Å²) in [5, 5.41) is 13.4. The van der Waals surface area contributed by atoms with Gasteiger partial charge in [0.1, 0.15) is 0 Å². The molecule has 1 aliphatic heterocycles. The number of aliphatic hydroxyl groups is 1. The second-order valence-electron chi connectivity index (χ2n) is 6.02. The van der Waals surface area contributed by atoms with Gasteiger partial charge in [-0.15, -0.1) is 12.4 Å². The Kier molecular flexibility index (Phi) is 6.67. The molecule has 0 aliphatic carbocycles. The van der Waals surface area contributed by atoms with Crippen LogP contribution >= 0.6 is 12.4 Å². The number of aliphatic hydroxyl groups excluding tert-OH is 1. The van der Waals surface area contributed by atoms with Crippen LogP contribution in [-0.2, 0) is 0 Å². The van der Waals surface area contributed by atoms with E-state index >= 15 is 0 Å². The lowest BCUT2D eigenvalue weighted by molar-refractivity contribution is 0.110. The maximum absolute atomic E-state index is 9.97. The minimum Gasteiger partial charge on any atom is -0.394 e. The van der Waals surface area contributed by atoms with Crippen LogP contribution in [0.5, 0.6) is 0 Å². The number of rotatable bonds is 3. The average molecular weight is 313 g/mol. The van der Waals surface area contributed by atoms with Crippen molar-refractivity contribution in [3.8, 4) is 0 Å². The molecule has 3 nitrogen and oxygen atoms in total. The van der Waals surface area contributed by atoms with Gasteiger partial charge >= 0.3 is 0 Å². The van der Waals surface area contributed by atoms with Gasteiger partial charge in [0.2, 0.25) is 0 Å². The van der Waals surface area contributed by atoms with Crippen molar-refractivity contribution in [1.29, 1.82) is 0 Å². The summed E-state index contributed by atoms with van der Waals surface area (Å²) in [5.74, 6) is 0. The summed E-state index contributed by atoms with van der Waals surface area (Å²) >= 11 is 0. The van der Waals surface area contributed by atoms with Crippen LogP contribution < -0.4 is 5.32 Å². The molecular weight excluding hydrogens is 284 g/mol. The number of halogens is 1. The van der Waals surface area contributed by atoms with Gasteiger partial charge in [-0.25, -0.2) is 0 Å². The molecule has 1 atom stereocenters. The molecule has 1 aliphatic rings. The molecule has 120 valence electrons. The molecule has 1 fully saturated rings. The number of piperazine rings is 1. The van der Waals surface area contributed by atoms with Crippen LogP contribution in [0.2, 0.25) is 0 Å². The fourth-order valence-electron chi connectivity index (χ4n) is 3.41. The molecule has 21 heavy (non-hydrogen) atoms. The van der Waals surface area contributed by atoms with Crippen molar-refractivity contribution in [2.75, 3.05) is 32.8 Å². The molecule has 1 aromatic carbocycles. The van der Waals surface area contributed by atoms with Crippen LogP contribution in [0.25, 0.3) is 0 Å². The summed E-state index contributed by atoms with van der Waals surface area (Å²) in [5.41, 5.74) is 8.18. The maximum atomic E-state index is 9.97. The molecule has 0 unspecified atom stereocenters. The first-order valence-electron chi connectivity index (χ1n) is 7.61. The van der Waals surface area contributed by atoms with E-state index in [-0.39, 0.29) is 25.1 Å². The Hall–Kier alpha value is -0.610. The normalized spacial score (nSPS) is 17.4. The largest absolute Gasteiger partial charge is 0.394 e. The van der Waals surface area contributed by atoms with E-state index in [4.69, 9.17) is 0 Å². The predicted octanol–water partition coefficient (Wildman–Crippen LogP) is 2.59. The van der Waals surface area contributed by atoms with Gasteiger partial charge in [-0.05, 0) is 68.0 Å². The Balaban J connectivity index is 0.00000220. The van der Waals surface area contributed by atoms with E-state index in [1.54, 1.807) is 0 Å². The zero-order valence-electron chi connectivity index (χ0n) is 13.9. The Morgan fingerprint density at radius 3 is 1.76 bits per heavy atom. The molecule has 1 aromatic rings. The first kappa shape index (κ1) is 18.4. The highest BCUT2D eigenvalue weighted by Gasteiger charge is 2.26. The van der Waals surface area contributed by atoms with Crippen molar-refractivity contribution in [3.05, 3.63) is 33.4 Å². The quantitative estimate of drug-likeness (QED) is 0.900. The molecule has 0 saturated carbocycles. The van der Waals surface area contributed by atoms with E-state index in [0.29, 0.717) is 0 Å². The van der Waals surface area contributed by atoms with Gasteiger partial charge in [0.15, 0.2) is 0 Å². The van der Waals surface area contributed by atoms with Crippen LogP contribution in [0.1, 0.15) is 39.4 Å². The van der Waals surface area contributed by atoms with E-state index in [2.05, 4.69) is 44.8 Å². The third-order valence-electron chi connectivity index (χ3n) is 5.16. The van der Waals surface area contributed by atoms with Crippen LogP contribution in [-0.4, -0.2) is 42.8 Å². The molecule has 2 rings (SSSR count). The van der Waals surface area contributed by atoms with Gasteiger partial charge in [0.25, 0.3) is 0 Å². The monoisotopic (exact) mass is 312 g/mol. The van der Waals surface area contributed by atoms with Crippen molar-refractivity contribution in [2.45, 2.75) is 40.7 Å². The molecule has 1 saturated heterocycles. The number of hydrogen-bond acceptors (Lipinski definition) is 3. The highest BCUT2D eigenvalue weighted by Crippen LogP contribution is 2.33. The smallest absolute Gasteiger partial charge is 0.0628 e. The zero-order chi connectivity index (χ0) is 14.9. The number of nitrogens with zero attached hydrogens (tertiary/aromatic N) is 1. The van der Waals surface area contributed by atoms with E-state index in [0.717, 1.165) is 26.2 Å². The van der Waals surface area contributed by atoms with Crippen molar-refractivity contribution >= 4 is 12.4 Å². The molecule has 0 aromatic heterocycles. The lowest BCUT2D eigenvalue weighted by atomic mass is 9.86. The summed E-state index contributed by atoms with van der Waals surface area (Å²) in [6.07, 6.45) is 0. The second kappa shape index (κ2) is 7.59. The van der Waals surface area contributed by atoms with E-state index < -0.39 is 0 Å². The van der Waals surface area contributed by atoms with Gasteiger partial charge in [-0.2, -0.15) is 0 Å². The number of nitrogens with one attached hydrogen (secondary N) is 1. The van der Waals surface area contributed by atoms with Crippen LogP contribution in [0.3, 0.4) is 0 Å². The Morgan fingerprint density at radius 1 is 0.905 bits per heavy atom. The Morgan fingerprint density at radius 2 is 1.33 bits per heavy atom. The van der Waals surface area contributed by atoms with Crippen molar-refractivity contribution in [1.82, 2.24) is 10.2 Å². The number of hydrogen-bond donors (Lipinski definition) is 2. The van der Waals surface area contributed by atoms with Crippen LogP contribution in [0, 0.1) is 34.6 Å². The minimum atomic E-state index is 0. The van der Waals surface area contributed by atoms with Crippen molar-refractivity contribution in [3.63, 3.8) is 0 Å². The molecule has 0 spiro atoms. The summed E-state index contributed by atoms with van der Waals surface area (Å²) in [6, 6.07) is 0.134. The maximum Gasteiger partial charge on any atom is 0.0628 e. The molecule has 0 radical (unpaired) electrons. The molecule has 0 bridgehead atoms. The first-order chi connectivity index (χ1) is 9.49. The lowest BCUT2D eigenvalue weighted by Crippen LogP contribution is -2.46. The lowest BCUT2D eigenvalue weighted by Gasteiger charge is -2.36. The first-order valence-corrected chi connectivity index (χ1v) is 7.61. The van der Waals surface area contributed by atoms with Crippen molar-refractivity contribution < 1.29 is 5.11 Å². The average Bonchev–Trinajstić information content (AvgIpc) is 2.48. The van der Waals surface area contributed by atoms with Gasteiger partial charge in [-0.3, -0.25) is 4.90 Å². The van der Waals surface area contributed by atoms with E-state index in [1.807, 2.05) is 0 Å². The van der Waals surface area contributed by atoms with Crippen molar-refractivity contribution in [2.24, 2.45) is 0 Å².